The van der Waals surface area contributed by atoms with Crippen molar-refractivity contribution >= 4 is 5.91 Å². The molecule has 14 heavy (non-hydrogen) atoms. The lowest BCUT2D eigenvalue weighted by atomic mass is 10.4. The molecule has 1 saturated heterocycles. The van der Waals surface area contributed by atoms with Crippen LogP contribution in [0.4, 0.5) is 0 Å². The summed E-state index contributed by atoms with van der Waals surface area (Å²) in [5.41, 5.74) is 0. The molecule has 4 heteroatoms. The summed E-state index contributed by atoms with van der Waals surface area (Å²) < 4.78 is 5.17. The highest BCUT2D eigenvalue weighted by atomic mass is 16.5. The van der Waals surface area contributed by atoms with E-state index in [1.165, 1.54) is 0 Å². The van der Waals surface area contributed by atoms with Gasteiger partial charge in [0.1, 0.15) is 6.61 Å². The van der Waals surface area contributed by atoms with Gasteiger partial charge in [0.15, 0.2) is 0 Å². The number of hydrogen-bond acceptors (Lipinski definition) is 3. The molecule has 0 spiro atoms. The molecule has 2 aliphatic rings. The smallest absolute Gasteiger partial charge is 0.246 e. The SMILES string of the molecule is CCCOCC(=O)NC1C2CNCC21. The van der Waals surface area contributed by atoms with Crippen LogP contribution >= 0.6 is 0 Å². The number of amides is 1. The van der Waals surface area contributed by atoms with Gasteiger partial charge in [-0.05, 0) is 18.3 Å². The van der Waals surface area contributed by atoms with Crippen LogP contribution in [0.3, 0.4) is 0 Å². The molecular formula is C10H18N2O2. The number of carbonyl (C=O) groups excluding carboxylic acids is 1. The van der Waals surface area contributed by atoms with Gasteiger partial charge >= 0.3 is 0 Å². The van der Waals surface area contributed by atoms with E-state index < -0.39 is 0 Å². The summed E-state index contributed by atoms with van der Waals surface area (Å²) in [6, 6.07) is 0.425. The highest BCUT2D eigenvalue weighted by molar-refractivity contribution is 5.78. The molecule has 1 aliphatic carbocycles. The summed E-state index contributed by atoms with van der Waals surface area (Å²) in [7, 11) is 0. The molecule has 2 unspecified atom stereocenters. The van der Waals surface area contributed by atoms with Gasteiger partial charge in [-0.1, -0.05) is 6.92 Å². The van der Waals surface area contributed by atoms with E-state index in [4.69, 9.17) is 4.74 Å². The van der Waals surface area contributed by atoms with Crippen LogP contribution in [0.2, 0.25) is 0 Å². The molecule has 0 radical (unpaired) electrons. The minimum absolute atomic E-state index is 0.0397. The third kappa shape index (κ3) is 2.07. The lowest BCUT2D eigenvalue weighted by Crippen LogP contribution is -2.34. The Kier molecular flexibility index (Phi) is 3.03. The monoisotopic (exact) mass is 198 g/mol. The first kappa shape index (κ1) is 9.93. The van der Waals surface area contributed by atoms with Crippen LogP contribution in [0.15, 0.2) is 0 Å². The molecule has 1 amide bonds. The number of hydrogen-bond donors (Lipinski definition) is 2. The van der Waals surface area contributed by atoms with Gasteiger partial charge in [-0.2, -0.15) is 0 Å². The van der Waals surface area contributed by atoms with Gasteiger partial charge in [-0.15, -0.1) is 0 Å². The Bertz CT molecular complexity index is 210. The summed E-state index contributed by atoms with van der Waals surface area (Å²) in [5.74, 6) is 1.41. The van der Waals surface area contributed by atoms with Crippen molar-refractivity contribution in [2.24, 2.45) is 11.8 Å². The van der Waals surface area contributed by atoms with Gasteiger partial charge in [-0.25, -0.2) is 0 Å². The predicted octanol–water partition coefficient (Wildman–Crippen LogP) is -0.253. The van der Waals surface area contributed by atoms with E-state index in [0.717, 1.165) is 19.5 Å². The maximum absolute atomic E-state index is 11.3. The molecule has 2 fully saturated rings. The van der Waals surface area contributed by atoms with Crippen LogP contribution in [0.5, 0.6) is 0 Å². The van der Waals surface area contributed by atoms with Gasteiger partial charge < -0.3 is 15.4 Å². The summed E-state index contributed by atoms with van der Waals surface area (Å²) >= 11 is 0. The van der Waals surface area contributed by atoms with Crippen LogP contribution in [0, 0.1) is 11.8 Å². The first-order valence-electron chi connectivity index (χ1n) is 5.40. The maximum atomic E-state index is 11.3. The van der Waals surface area contributed by atoms with E-state index in [9.17, 15) is 4.79 Å². The zero-order valence-corrected chi connectivity index (χ0v) is 8.58. The third-order valence-corrected chi connectivity index (χ3v) is 3.00. The molecular weight excluding hydrogens is 180 g/mol. The average Bonchev–Trinajstić information content (AvgIpc) is 2.64. The topological polar surface area (TPSA) is 50.4 Å². The first-order valence-corrected chi connectivity index (χ1v) is 5.40. The van der Waals surface area contributed by atoms with Crippen molar-refractivity contribution in [2.75, 3.05) is 26.3 Å². The number of ether oxygens (including phenoxy) is 1. The Balaban J connectivity index is 1.59. The van der Waals surface area contributed by atoms with Crippen LogP contribution in [-0.2, 0) is 9.53 Å². The quantitative estimate of drug-likeness (QED) is 0.599. The van der Waals surface area contributed by atoms with E-state index in [1.54, 1.807) is 0 Å². The van der Waals surface area contributed by atoms with Crippen molar-refractivity contribution in [3.05, 3.63) is 0 Å². The fourth-order valence-electron chi connectivity index (χ4n) is 2.17. The minimum Gasteiger partial charge on any atom is -0.372 e. The number of piperidine rings is 1. The summed E-state index contributed by atoms with van der Waals surface area (Å²) in [4.78, 5) is 11.3. The molecule has 0 aromatic carbocycles. The molecule has 2 atom stereocenters. The Labute approximate surface area is 84.4 Å². The van der Waals surface area contributed by atoms with Crippen molar-refractivity contribution in [1.82, 2.24) is 10.6 Å². The summed E-state index contributed by atoms with van der Waals surface area (Å²) in [6.45, 7) is 5.05. The lowest BCUT2D eigenvalue weighted by molar-refractivity contribution is -0.126. The Morgan fingerprint density at radius 1 is 1.50 bits per heavy atom. The van der Waals surface area contributed by atoms with Crippen LogP contribution in [-0.4, -0.2) is 38.3 Å². The summed E-state index contributed by atoms with van der Waals surface area (Å²) in [5, 5.41) is 6.31. The summed E-state index contributed by atoms with van der Waals surface area (Å²) in [6.07, 6.45) is 0.964. The molecule has 1 aliphatic heterocycles. The molecule has 0 aromatic heterocycles. The number of fused-ring (bicyclic) bond motifs is 1. The van der Waals surface area contributed by atoms with Gasteiger partial charge in [0.2, 0.25) is 5.91 Å². The van der Waals surface area contributed by atoms with Crippen molar-refractivity contribution in [3.63, 3.8) is 0 Å². The highest BCUT2D eigenvalue weighted by Crippen LogP contribution is 2.41. The first-order chi connectivity index (χ1) is 6.83. The molecule has 2 rings (SSSR count). The second kappa shape index (κ2) is 4.28. The second-order valence-electron chi connectivity index (χ2n) is 4.13. The highest BCUT2D eigenvalue weighted by Gasteiger charge is 2.53. The Morgan fingerprint density at radius 3 is 2.86 bits per heavy atom. The second-order valence-corrected chi connectivity index (χ2v) is 4.13. The third-order valence-electron chi connectivity index (χ3n) is 3.00. The molecule has 1 heterocycles. The Hall–Kier alpha value is -0.610. The predicted molar refractivity (Wildman–Crippen MR) is 52.9 cm³/mol. The van der Waals surface area contributed by atoms with Gasteiger partial charge in [0.25, 0.3) is 0 Å². The standard InChI is InChI=1S/C10H18N2O2/c1-2-3-14-6-9(13)12-10-7-4-11-5-8(7)10/h7-8,10-11H,2-6H2,1H3,(H,12,13). The fraction of sp³-hybridized carbons (Fsp3) is 0.900. The Morgan fingerprint density at radius 2 is 2.21 bits per heavy atom. The number of carbonyl (C=O) groups is 1. The molecule has 0 aromatic rings. The van der Waals surface area contributed by atoms with E-state index in [2.05, 4.69) is 10.6 Å². The molecule has 2 N–H and O–H groups in total. The van der Waals surface area contributed by atoms with Crippen molar-refractivity contribution < 1.29 is 9.53 Å². The van der Waals surface area contributed by atoms with Crippen molar-refractivity contribution in [2.45, 2.75) is 19.4 Å². The van der Waals surface area contributed by atoms with E-state index in [-0.39, 0.29) is 12.5 Å². The maximum Gasteiger partial charge on any atom is 0.246 e. The van der Waals surface area contributed by atoms with Gasteiger partial charge in [0.05, 0.1) is 0 Å². The fourth-order valence-corrected chi connectivity index (χ4v) is 2.17. The molecule has 0 bridgehead atoms. The minimum atomic E-state index is 0.0397. The largest absolute Gasteiger partial charge is 0.372 e. The van der Waals surface area contributed by atoms with Crippen LogP contribution in [0.1, 0.15) is 13.3 Å². The zero-order valence-electron chi connectivity index (χ0n) is 8.58. The number of rotatable bonds is 5. The lowest BCUT2D eigenvalue weighted by Gasteiger charge is -2.07. The van der Waals surface area contributed by atoms with Crippen molar-refractivity contribution in [1.29, 1.82) is 0 Å². The normalized spacial score (nSPS) is 33.9. The average molecular weight is 198 g/mol. The van der Waals surface area contributed by atoms with Crippen molar-refractivity contribution in [3.8, 4) is 0 Å². The van der Waals surface area contributed by atoms with Gasteiger partial charge in [-0.3, -0.25) is 4.79 Å². The van der Waals surface area contributed by atoms with Crippen LogP contribution < -0.4 is 10.6 Å². The van der Waals surface area contributed by atoms with E-state index >= 15 is 0 Å². The zero-order chi connectivity index (χ0) is 9.97. The molecule has 4 nitrogen and oxygen atoms in total. The van der Waals surface area contributed by atoms with Crippen LogP contribution in [0.25, 0.3) is 0 Å². The molecule has 1 saturated carbocycles. The number of nitrogens with one attached hydrogen (secondary N) is 2. The molecule has 80 valence electrons. The van der Waals surface area contributed by atoms with E-state index in [1.807, 2.05) is 6.92 Å². The van der Waals surface area contributed by atoms with Gasteiger partial charge in [0, 0.05) is 25.7 Å². The van der Waals surface area contributed by atoms with E-state index in [0.29, 0.717) is 24.5 Å².